The van der Waals surface area contributed by atoms with Crippen LogP contribution in [0.2, 0.25) is 0 Å². The van der Waals surface area contributed by atoms with Crippen LogP contribution in [0, 0.1) is 0 Å². The molecule has 5 nitrogen and oxygen atoms in total. The summed E-state index contributed by atoms with van der Waals surface area (Å²) in [7, 11) is 4.17. The third kappa shape index (κ3) is 3.14. The van der Waals surface area contributed by atoms with Gasteiger partial charge in [-0.15, -0.1) is 0 Å². The van der Waals surface area contributed by atoms with Crippen LogP contribution in [0.25, 0.3) is 10.9 Å². The Balaban J connectivity index is 1.90. The van der Waals surface area contributed by atoms with Crippen LogP contribution in [-0.2, 0) is 0 Å². The van der Waals surface area contributed by atoms with Gasteiger partial charge in [0.15, 0.2) is 0 Å². The third-order valence-electron chi connectivity index (χ3n) is 4.43. The summed E-state index contributed by atoms with van der Waals surface area (Å²) in [6.07, 6.45) is 2.50. The van der Waals surface area contributed by atoms with Gasteiger partial charge in [-0.2, -0.15) is 4.98 Å². The molecule has 0 bridgehead atoms. The summed E-state index contributed by atoms with van der Waals surface area (Å²) in [5, 5.41) is 4.54. The third-order valence-corrected chi connectivity index (χ3v) is 4.43. The van der Waals surface area contributed by atoms with Crippen LogP contribution in [0.5, 0.6) is 0 Å². The molecule has 0 amide bonds. The first-order chi connectivity index (χ1) is 10.6. The molecular weight excluding hydrogens is 274 g/mol. The number of aromatic nitrogens is 2. The SMILES string of the molecule is CC(CNc1nc(N2CCCC2)c2ccccc2n1)N(C)C. The van der Waals surface area contributed by atoms with E-state index in [1.165, 1.54) is 12.8 Å². The molecule has 1 aliphatic rings. The van der Waals surface area contributed by atoms with E-state index in [9.17, 15) is 0 Å². The van der Waals surface area contributed by atoms with Crippen LogP contribution in [0.3, 0.4) is 0 Å². The van der Waals surface area contributed by atoms with E-state index in [1.807, 2.05) is 6.07 Å². The molecule has 3 rings (SSSR count). The first-order valence-corrected chi connectivity index (χ1v) is 8.07. The molecule has 0 radical (unpaired) electrons. The Labute approximate surface area is 132 Å². The summed E-state index contributed by atoms with van der Waals surface area (Å²) in [6, 6.07) is 8.72. The van der Waals surface area contributed by atoms with Gasteiger partial charge in [-0.05, 0) is 46.0 Å². The summed E-state index contributed by atoms with van der Waals surface area (Å²) in [4.78, 5) is 14.0. The second-order valence-electron chi connectivity index (χ2n) is 6.28. The largest absolute Gasteiger partial charge is 0.356 e. The van der Waals surface area contributed by atoms with E-state index in [0.717, 1.165) is 42.3 Å². The van der Waals surface area contributed by atoms with Crippen molar-refractivity contribution in [1.29, 1.82) is 0 Å². The van der Waals surface area contributed by atoms with Gasteiger partial charge in [0, 0.05) is 31.1 Å². The van der Waals surface area contributed by atoms with Crippen molar-refractivity contribution in [1.82, 2.24) is 14.9 Å². The summed E-state index contributed by atoms with van der Waals surface area (Å²) < 4.78 is 0. The first kappa shape index (κ1) is 15.0. The first-order valence-electron chi connectivity index (χ1n) is 8.07. The van der Waals surface area contributed by atoms with Crippen LogP contribution in [0.4, 0.5) is 11.8 Å². The monoisotopic (exact) mass is 299 g/mol. The van der Waals surface area contributed by atoms with Crippen LogP contribution >= 0.6 is 0 Å². The lowest BCUT2D eigenvalue weighted by Crippen LogP contribution is -2.32. The molecule has 118 valence electrons. The minimum atomic E-state index is 0.435. The molecule has 2 heterocycles. The number of fused-ring (bicyclic) bond motifs is 1. The predicted octanol–water partition coefficient (Wildman–Crippen LogP) is 2.59. The minimum Gasteiger partial charge on any atom is -0.356 e. The number of anilines is 2. The van der Waals surface area contributed by atoms with Gasteiger partial charge in [0.1, 0.15) is 5.82 Å². The molecule has 1 N–H and O–H groups in total. The van der Waals surface area contributed by atoms with Gasteiger partial charge in [0.2, 0.25) is 5.95 Å². The van der Waals surface area contributed by atoms with Crippen molar-refractivity contribution >= 4 is 22.7 Å². The number of hydrogen-bond acceptors (Lipinski definition) is 5. The number of benzene rings is 1. The Morgan fingerprint density at radius 1 is 1.18 bits per heavy atom. The summed E-state index contributed by atoms with van der Waals surface area (Å²) in [5.74, 6) is 1.80. The molecule has 22 heavy (non-hydrogen) atoms. The van der Waals surface area contributed by atoms with Gasteiger partial charge in [0.25, 0.3) is 0 Å². The zero-order valence-electron chi connectivity index (χ0n) is 13.7. The Morgan fingerprint density at radius 2 is 1.91 bits per heavy atom. The molecule has 1 fully saturated rings. The average Bonchev–Trinajstić information content (AvgIpc) is 3.05. The van der Waals surface area contributed by atoms with Crippen LogP contribution in [0.15, 0.2) is 24.3 Å². The Kier molecular flexibility index (Phi) is 4.43. The van der Waals surface area contributed by atoms with Crippen LogP contribution in [0.1, 0.15) is 19.8 Å². The number of rotatable bonds is 5. The van der Waals surface area contributed by atoms with Gasteiger partial charge in [0.05, 0.1) is 5.52 Å². The standard InChI is InChI=1S/C17H25N5/c1-13(21(2)3)12-18-17-19-15-9-5-4-8-14(15)16(20-17)22-10-6-7-11-22/h4-5,8-9,13H,6-7,10-12H2,1-3H3,(H,18,19,20). The van der Waals surface area contributed by atoms with Gasteiger partial charge in [-0.3, -0.25) is 0 Å². The Hall–Kier alpha value is -1.88. The maximum atomic E-state index is 4.80. The Bertz CT molecular complexity index is 634. The molecule has 5 heteroatoms. The molecule has 1 aromatic carbocycles. The number of nitrogens with zero attached hydrogens (tertiary/aromatic N) is 4. The number of para-hydroxylation sites is 1. The highest BCUT2D eigenvalue weighted by Crippen LogP contribution is 2.27. The number of nitrogens with one attached hydrogen (secondary N) is 1. The van der Waals surface area contributed by atoms with E-state index in [2.05, 4.69) is 59.3 Å². The highest BCUT2D eigenvalue weighted by atomic mass is 15.2. The Morgan fingerprint density at radius 3 is 2.64 bits per heavy atom. The number of likely N-dealkylation sites (N-methyl/N-ethyl adjacent to an activating group) is 1. The predicted molar refractivity (Wildman–Crippen MR) is 92.6 cm³/mol. The average molecular weight is 299 g/mol. The maximum absolute atomic E-state index is 4.80. The summed E-state index contributed by atoms with van der Waals surface area (Å²) in [6.45, 7) is 5.21. The van der Waals surface area contributed by atoms with Crippen molar-refractivity contribution in [2.75, 3.05) is 43.9 Å². The second kappa shape index (κ2) is 6.48. The van der Waals surface area contributed by atoms with Crippen LogP contribution < -0.4 is 10.2 Å². The molecule has 0 spiro atoms. The molecule has 2 aromatic rings. The van der Waals surface area contributed by atoms with Gasteiger partial charge >= 0.3 is 0 Å². The fourth-order valence-electron chi connectivity index (χ4n) is 2.73. The second-order valence-corrected chi connectivity index (χ2v) is 6.28. The summed E-state index contributed by atoms with van der Waals surface area (Å²) in [5.41, 5.74) is 1.01. The smallest absolute Gasteiger partial charge is 0.225 e. The van der Waals surface area contributed by atoms with E-state index in [4.69, 9.17) is 4.98 Å². The maximum Gasteiger partial charge on any atom is 0.225 e. The van der Waals surface area contributed by atoms with Gasteiger partial charge in [-0.25, -0.2) is 4.98 Å². The van der Waals surface area contributed by atoms with E-state index >= 15 is 0 Å². The molecule has 1 unspecified atom stereocenters. The van der Waals surface area contributed by atoms with E-state index < -0.39 is 0 Å². The normalized spacial score (nSPS) is 16.5. The van der Waals surface area contributed by atoms with Crippen molar-refractivity contribution in [2.24, 2.45) is 0 Å². The molecule has 1 saturated heterocycles. The molecule has 1 aliphatic heterocycles. The minimum absolute atomic E-state index is 0.435. The summed E-state index contributed by atoms with van der Waals surface area (Å²) >= 11 is 0. The quantitative estimate of drug-likeness (QED) is 0.919. The lowest BCUT2D eigenvalue weighted by Gasteiger charge is -2.22. The molecule has 1 atom stereocenters. The topological polar surface area (TPSA) is 44.3 Å². The van der Waals surface area contributed by atoms with E-state index in [1.54, 1.807) is 0 Å². The molecule has 1 aromatic heterocycles. The number of hydrogen-bond donors (Lipinski definition) is 1. The van der Waals surface area contributed by atoms with Crippen LogP contribution in [-0.4, -0.2) is 54.6 Å². The van der Waals surface area contributed by atoms with Crippen molar-refractivity contribution in [3.05, 3.63) is 24.3 Å². The highest BCUT2D eigenvalue weighted by Gasteiger charge is 2.18. The van der Waals surface area contributed by atoms with E-state index in [0.29, 0.717) is 6.04 Å². The zero-order chi connectivity index (χ0) is 15.5. The fourth-order valence-corrected chi connectivity index (χ4v) is 2.73. The van der Waals surface area contributed by atoms with Gasteiger partial charge in [-0.1, -0.05) is 12.1 Å². The lowest BCUT2D eigenvalue weighted by molar-refractivity contribution is 0.326. The van der Waals surface area contributed by atoms with E-state index in [-0.39, 0.29) is 0 Å². The molecule has 0 aliphatic carbocycles. The molecule has 0 saturated carbocycles. The van der Waals surface area contributed by atoms with Crippen molar-refractivity contribution in [3.8, 4) is 0 Å². The van der Waals surface area contributed by atoms with Crippen molar-refractivity contribution in [3.63, 3.8) is 0 Å². The fraction of sp³-hybridized carbons (Fsp3) is 0.529. The lowest BCUT2D eigenvalue weighted by atomic mass is 10.2. The van der Waals surface area contributed by atoms with Gasteiger partial charge < -0.3 is 15.1 Å². The molecular formula is C17H25N5. The zero-order valence-corrected chi connectivity index (χ0v) is 13.7. The highest BCUT2D eigenvalue weighted by molar-refractivity contribution is 5.90. The van der Waals surface area contributed by atoms with Crippen molar-refractivity contribution in [2.45, 2.75) is 25.8 Å². The van der Waals surface area contributed by atoms with Crippen molar-refractivity contribution < 1.29 is 0 Å².